The zero-order chi connectivity index (χ0) is 9.14. The van der Waals surface area contributed by atoms with E-state index in [1.807, 2.05) is 0 Å². The van der Waals surface area contributed by atoms with E-state index >= 15 is 0 Å². The van der Waals surface area contributed by atoms with Gasteiger partial charge in [-0.2, -0.15) is 5.10 Å². The summed E-state index contributed by atoms with van der Waals surface area (Å²) in [5, 5.41) is 12.4. The van der Waals surface area contributed by atoms with Gasteiger partial charge in [0.15, 0.2) is 5.78 Å². The Kier molecular flexibility index (Phi) is 2.44. The van der Waals surface area contributed by atoms with E-state index in [0.29, 0.717) is 17.9 Å². The number of nitrogens with two attached hydrogens (primary N) is 1. The van der Waals surface area contributed by atoms with Crippen molar-refractivity contribution in [1.82, 2.24) is 9.78 Å². The molecule has 0 unspecified atom stereocenters. The second-order valence-electron chi connectivity index (χ2n) is 2.45. The van der Waals surface area contributed by atoms with Gasteiger partial charge in [0.25, 0.3) is 0 Å². The van der Waals surface area contributed by atoms with Crippen LogP contribution in [0.15, 0.2) is 6.20 Å². The van der Waals surface area contributed by atoms with E-state index in [0.717, 1.165) is 0 Å². The number of aliphatic hydroxyl groups excluding tert-OH is 1. The Morgan fingerprint density at radius 3 is 2.92 bits per heavy atom. The van der Waals surface area contributed by atoms with Crippen LogP contribution in [0.1, 0.15) is 17.3 Å². The lowest BCUT2D eigenvalue weighted by molar-refractivity contribution is 0.101. The maximum Gasteiger partial charge on any atom is 0.165 e. The summed E-state index contributed by atoms with van der Waals surface area (Å²) in [5.41, 5.74) is 5.96. The normalized spacial score (nSPS) is 10.2. The van der Waals surface area contributed by atoms with Crippen LogP contribution in [0.3, 0.4) is 0 Å². The summed E-state index contributed by atoms with van der Waals surface area (Å²) < 4.78 is 1.40. The topological polar surface area (TPSA) is 81.1 Å². The van der Waals surface area contributed by atoms with Crippen molar-refractivity contribution < 1.29 is 9.90 Å². The van der Waals surface area contributed by atoms with Gasteiger partial charge in [0.05, 0.1) is 24.9 Å². The number of hydrogen-bond acceptors (Lipinski definition) is 4. The molecule has 0 fully saturated rings. The molecule has 12 heavy (non-hydrogen) atoms. The van der Waals surface area contributed by atoms with Gasteiger partial charge in [-0.1, -0.05) is 0 Å². The largest absolute Gasteiger partial charge is 0.394 e. The van der Waals surface area contributed by atoms with Gasteiger partial charge in [-0.25, -0.2) is 4.68 Å². The molecule has 5 nitrogen and oxygen atoms in total. The SMILES string of the molecule is CC(=O)c1cnn(CCO)c1N. The smallest absolute Gasteiger partial charge is 0.165 e. The molecule has 0 aromatic carbocycles. The van der Waals surface area contributed by atoms with Crippen LogP contribution < -0.4 is 5.73 Å². The van der Waals surface area contributed by atoms with Crippen LogP contribution in [0.4, 0.5) is 5.82 Å². The van der Waals surface area contributed by atoms with Crippen molar-refractivity contribution in [1.29, 1.82) is 0 Å². The van der Waals surface area contributed by atoms with Gasteiger partial charge in [-0.15, -0.1) is 0 Å². The van der Waals surface area contributed by atoms with E-state index in [9.17, 15) is 4.79 Å². The molecule has 0 saturated carbocycles. The number of ketones is 1. The fourth-order valence-corrected chi connectivity index (χ4v) is 0.939. The van der Waals surface area contributed by atoms with Crippen LogP contribution in [-0.2, 0) is 6.54 Å². The van der Waals surface area contributed by atoms with E-state index in [-0.39, 0.29) is 12.4 Å². The minimum absolute atomic E-state index is 0.0385. The van der Waals surface area contributed by atoms with Gasteiger partial charge in [0.2, 0.25) is 0 Å². The molecule has 0 aliphatic heterocycles. The molecule has 0 aliphatic carbocycles. The molecule has 1 aromatic heterocycles. The molecule has 0 aliphatic rings. The van der Waals surface area contributed by atoms with E-state index in [4.69, 9.17) is 10.8 Å². The Labute approximate surface area is 69.8 Å². The zero-order valence-electron chi connectivity index (χ0n) is 6.82. The quantitative estimate of drug-likeness (QED) is 0.606. The monoisotopic (exact) mass is 169 g/mol. The Balaban J connectivity index is 2.96. The highest BCUT2D eigenvalue weighted by Crippen LogP contribution is 2.10. The van der Waals surface area contributed by atoms with Crippen LogP contribution in [0, 0.1) is 0 Å². The number of aromatic nitrogens is 2. The fourth-order valence-electron chi connectivity index (χ4n) is 0.939. The second kappa shape index (κ2) is 3.36. The van der Waals surface area contributed by atoms with Crippen molar-refractivity contribution in [2.75, 3.05) is 12.3 Å². The molecule has 3 N–H and O–H groups in total. The molecule has 0 atom stereocenters. The number of nitrogen functional groups attached to an aromatic ring is 1. The molecule has 1 aromatic rings. The minimum Gasteiger partial charge on any atom is -0.394 e. The van der Waals surface area contributed by atoms with Crippen molar-refractivity contribution in [3.63, 3.8) is 0 Å². The third-order valence-corrected chi connectivity index (χ3v) is 1.57. The van der Waals surface area contributed by atoms with Crippen LogP contribution in [0.2, 0.25) is 0 Å². The third kappa shape index (κ3) is 1.45. The second-order valence-corrected chi connectivity index (χ2v) is 2.45. The molecule has 66 valence electrons. The van der Waals surface area contributed by atoms with Crippen LogP contribution >= 0.6 is 0 Å². The molecular weight excluding hydrogens is 158 g/mol. The summed E-state index contributed by atoms with van der Waals surface area (Å²) in [6, 6.07) is 0. The number of rotatable bonds is 3. The lowest BCUT2D eigenvalue weighted by atomic mass is 10.2. The van der Waals surface area contributed by atoms with Crippen molar-refractivity contribution in [2.24, 2.45) is 0 Å². The maximum atomic E-state index is 10.9. The first kappa shape index (κ1) is 8.73. The summed E-state index contributed by atoms with van der Waals surface area (Å²) >= 11 is 0. The Hall–Kier alpha value is -1.36. The van der Waals surface area contributed by atoms with E-state index in [1.54, 1.807) is 0 Å². The number of hydrogen-bond donors (Lipinski definition) is 2. The molecule has 5 heteroatoms. The molecule has 0 amide bonds. The molecule has 0 spiro atoms. The number of anilines is 1. The number of aliphatic hydroxyl groups is 1. The van der Waals surface area contributed by atoms with Gasteiger partial charge in [-0.05, 0) is 6.92 Å². The predicted octanol–water partition coefficient (Wildman–Crippen LogP) is -0.340. The van der Waals surface area contributed by atoms with Gasteiger partial charge >= 0.3 is 0 Å². The summed E-state index contributed by atoms with van der Waals surface area (Å²) in [4.78, 5) is 10.9. The molecule has 0 saturated heterocycles. The minimum atomic E-state index is -0.114. The maximum absolute atomic E-state index is 10.9. The van der Waals surface area contributed by atoms with E-state index in [2.05, 4.69) is 5.10 Å². The molecule has 1 heterocycles. The van der Waals surface area contributed by atoms with Gasteiger partial charge in [-0.3, -0.25) is 4.79 Å². The third-order valence-electron chi connectivity index (χ3n) is 1.57. The van der Waals surface area contributed by atoms with Crippen LogP contribution in [-0.4, -0.2) is 27.3 Å². The Bertz CT molecular complexity index is 293. The van der Waals surface area contributed by atoms with Crippen molar-refractivity contribution in [2.45, 2.75) is 13.5 Å². The first-order chi connectivity index (χ1) is 5.66. The van der Waals surface area contributed by atoms with Crippen LogP contribution in [0.25, 0.3) is 0 Å². The first-order valence-corrected chi connectivity index (χ1v) is 3.60. The van der Waals surface area contributed by atoms with E-state index in [1.165, 1.54) is 17.8 Å². The number of carbonyl (C=O) groups is 1. The Morgan fingerprint density at radius 1 is 1.83 bits per heavy atom. The highest BCUT2D eigenvalue weighted by molar-refractivity contribution is 5.98. The number of carbonyl (C=O) groups excluding carboxylic acids is 1. The summed E-state index contributed by atoms with van der Waals surface area (Å²) in [5.74, 6) is 0.202. The standard InChI is InChI=1S/C7H11N3O2/c1-5(12)6-4-9-10(2-3-11)7(6)8/h4,11H,2-3,8H2,1H3. The highest BCUT2D eigenvalue weighted by Gasteiger charge is 2.09. The average Bonchev–Trinajstić information content (AvgIpc) is 2.34. The number of Topliss-reactive ketones (excluding diaryl/α,β-unsaturated/α-hetero) is 1. The molecule has 0 radical (unpaired) electrons. The fraction of sp³-hybridized carbons (Fsp3) is 0.429. The molecular formula is C7H11N3O2. The van der Waals surface area contributed by atoms with Gasteiger partial charge < -0.3 is 10.8 Å². The van der Waals surface area contributed by atoms with Crippen molar-refractivity contribution in [3.8, 4) is 0 Å². The predicted molar refractivity (Wildman–Crippen MR) is 43.7 cm³/mol. The van der Waals surface area contributed by atoms with Gasteiger partial charge in [0.1, 0.15) is 5.82 Å². The lowest BCUT2D eigenvalue weighted by Gasteiger charge is -2.00. The van der Waals surface area contributed by atoms with Crippen LogP contribution in [0.5, 0.6) is 0 Å². The zero-order valence-corrected chi connectivity index (χ0v) is 6.82. The van der Waals surface area contributed by atoms with E-state index < -0.39 is 0 Å². The van der Waals surface area contributed by atoms with Crippen molar-refractivity contribution in [3.05, 3.63) is 11.8 Å². The highest BCUT2D eigenvalue weighted by atomic mass is 16.3. The number of nitrogens with zero attached hydrogens (tertiary/aromatic N) is 2. The summed E-state index contributed by atoms with van der Waals surface area (Å²) in [6.45, 7) is 1.71. The summed E-state index contributed by atoms with van der Waals surface area (Å²) in [6.07, 6.45) is 1.41. The van der Waals surface area contributed by atoms with Gasteiger partial charge in [0, 0.05) is 0 Å². The molecule has 0 bridgehead atoms. The average molecular weight is 169 g/mol. The Morgan fingerprint density at radius 2 is 2.50 bits per heavy atom. The lowest BCUT2D eigenvalue weighted by Crippen LogP contribution is -2.09. The summed E-state index contributed by atoms with van der Waals surface area (Å²) in [7, 11) is 0. The first-order valence-electron chi connectivity index (χ1n) is 3.60. The van der Waals surface area contributed by atoms with Crippen molar-refractivity contribution >= 4 is 11.6 Å². The molecule has 1 rings (SSSR count).